The van der Waals surface area contributed by atoms with Crippen molar-refractivity contribution in [3.63, 3.8) is 0 Å². The molecule has 0 spiro atoms. The number of hydrogen-bond donors (Lipinski definition) is 1. The summed E-state index contributed by atoms with van der Waals surface area (Å²) in [6.45, 7) is 7.68. The summed E-state index contributed by atoms with van der Waals surface area (Å²) in [5.41, 5.74) is 1.67. The van der Waals surface area contributed by atoms with Crippen LogP contribution in [0.1, 0.15) is 30.2 Å². The second kappa shape index (κ2) is 9.88. The number of anilines is 1. The third-order valence-corrected chi connectivity index (χ3v) is 5.53. The van der Waals surface area contributed by atoms with Gasteiger partial charge in [-0.05, 0) is 37.6 Å². The highest BCUT2D eigenvalue weighted by Gasteiger charge is 2.25. The number of aryl methyl sites for hydroxylation is 2. The zero-order chi connectivity index (χ0) is 22.5. The lowest BCUT2D eigenvalue weighted by molar-refractivity contribution is -0.384. The molecule has 9 nitrogen and oxygen atoms in total. The van der Waals surface area contributed by atoms with Gasteiger partial charge in [-0.15, -0.1) is 0 Å². The number of hydrogen-bond acceptors (Lipinski definition) is 8. The zero-order valence-electron chi connectivity index (χ0n) is 18.3. The number of nitrogens with one attached hydrogen (secondary N) is 1. The minimum Gasteiger partial charge on any atom is -0.465 e. The summed E-state index contributed by atoms with van der Waals surface area (Å²) in [4.78, 5) is 22.2. The molecule has 0 radical (unpaired) electrons. The van der Waals surface area contributed by atoms with Crippen molar-refractivity contribution < 1.29 is 14.1 Å². The molecule has 1 N–H and O–H groups in total. The van der Waals surface area contributed by atoms with Crippen LogP contribution in [-0.4, -0.2) is 52.6 Å². The van der Waals surface area contributed by atoms with E-state index in [9.17, 15) is 10.1 Å². The topological polar surface area (TPSA) is 107 Å². The predicted octanol–water partition coefficient (Wildman–Crippen LogP) is 4.00. The minimum atomic E-state index is -0.414. The van der Waals surface area contributed by atoms with Gasteiger partial charge in [-0.3, -0.25) is 15.0 Å². The predicted molar refractivity (Wildman–Crippen MR) is 121 cm³/mol. The van der Waals surface area contributed by atoms with E-state index in [1.54, 1.807) is 12.1 Å². The van der Waals surface area contributed by atoms with Crippen LogP contribution in [0.3, 0.4) is 0 Å². The summed E-state index contributed by atoms with van der Waals surface area (Å²) >= 11 is 0. The molecule has 0 amide bonds. The molecule has 1 aliphatic rings. The molecule has 1 unspecified atom stereocenters. The van der Waals surface area contributed by atoms with Crippen molar-refractivity contribution in [2.45, 2.75) is 26.3 Å². The Morgan fingerprint density at radius 2 is 1.91 bits per heavy atom. The van der Waals surface area contributed by atoms with Gasteiger partial charge in [-0.2, -0.15) is 0 Å². The maximum Gasteiger partial charge on any atom is 0.269 e. The van der Waals surface area contributed by atoms with E-state index >= 15 is 0 Å². The zero-order valence-corrected chi connectivity index (χ0v) is 18.3. The quantitative estimate of drug-likeness (QED) is 0.416. The highest BCUT2D eigenvalue weighted by Crippen LogP contribution is 2.26. The van der Waals surface area contributed by atoms with Crippen molar-refractivity contribution in [2.75, 3.05) is 38.2 Å². The molecule has 2 aromatic heterocycles. The summed E-state index contributed by atoms with van der Waals surface area (Å²) in [6, 6.07) is 12.3. The Morgan fingerprint density at radius 1 is 1.16 bits per heavy atom. The summed E-state index contributed by atoms with van der Waals surface area (Å²) in [5.74, 6) is 3.05. The Labute approximate surface area is 186 Å². The van der Waals surface area contributed by atoms with Crippen LogP contribution >= 0.6 is 0 Å². The van der Waals surface area contributed by atoms with Crippen molar-refractivity contribution in [1.82, 2.24) is 14.9 Å². The number of nitro groups is 1. The number of nitrogens with zero attached hydrogens (tertiary/aromatic N) is 4. The Bertz CT molecular complexity index is 1060. The summed E-state index contributed by atoms with van der Waals surface area (Å²) in [6.07, 6.45) is 0.751. The van der Waals surface area contributed by atoms with Crippen molar-refractivity contribution in [3.05, 3.63) is 69.8 Å². The second-order valence-corrected chi connectivity index (χ2v) is 7.72. The fraction of sp³-hybridized carbons (Fsp3) is 0.391. The van der Waals surface area contributed by atoms with Crippen LogP contribution in [0.15, 0.2) is 46.9 Å². The molecular formula is C23H27N5O4. The largest absolute Gasteiger partial charge is 0.465 e. The van der Waals surface area contributed by atoms with Gasteiger partial charge in [-0.1, -0.05) is 6.92 Å². The first-order valence-electron chi connectivity index (χ1n) is 10.8. The van der Waals surface area contributed by atoms with Gasteiger partial charge in [0.2, 0.25) is 0 Å². The van der Waals surface area contributed by atoms with E-state index in [1.165, 1.54) is 12.1 Å². The molecule has 168 valence electrons. The number of aromatic nitrogens is 2. The van der Waals surface area contributed by atoms with Gasteiger partial charge in [0.25, 0.3) is 5.69 Å². The van der Waals surface area contributed by atoms with Crippen molar-refractivity contribution >= 4 is 11.5 Å². The molecule has 4 rings (SSSR count). The molecule has 0 bridgehead atoms. The molecule has 1 atom stereocenters. The number of rotatable bonds is 8. The Kier molecular flexibility index (Phi) is 6.77. The van der Waals surface area contributed by atoms with Crippen molar-refractivity contribution in [1.29, 1.82) is 0 Å². The SMILES string of the molecule is CCc1cc(NCC(c2ccc(C)o2)N2CCOCC2)nc(-c2ccc([N+](=O)[O-])cc2)n1. The minimum absolute atomic E-state index is 0.0424. The van der Waals surface area contributed by atoms with Crippen LogP contribution in [0, 0.1) is 17.0 Å². The number of nitro benzene ring substituents is 1. The molecule has 32 heavy (non-hydrogen) atoms. The molecule has 0 saturated carbocycles. The number of benzene rings is 1. The lowest BCUT2D eigenvalue weighted by Gasteiger charge is -2.33. The highest BCUT2D eigenvalue weighted by atomic mass is 16.6. The molecule has 1 aromatic carbocycles. The summed E-state index contributed by atoms with van der Waals surface area (Å²) in [5, 5.41) is 14.4. The fourth-order valence-electron chi connectivity index (χ4n) is 3.76. The lowest BCUT2D eigenvalue weighted by atomic mass is 10.1. The molecule has 1 saturated heterocycles. The van der Waals surface area contributed by atoms with E-state index in [0.29, 0.717) is 31.4 Å². The first-order valence-corrected chi connectivity index (χ1v) is 10.8. The van der Waals surface area contributed by atoms with E-state index < -0.39 is 4.92 Å². The smallest absolute Gasteiger partial charge is 0.269 e. The van der Waals surface area contributed by atoms with E-state index in [4.69, 9.17) is 9.15 Å². The monoisotopic (exact) mass is 437 g/mol. The highest BCUT2D eigenvalue weighted by molar-refractivity contribution is 5.59. The standard InChI is InChI=1S/C23H27N5O4/c1-3-18-14-22(26-23(25-18)17-5-7-19(8-6-17)28(29)30)24-15-20(21-9-4-16(2)32-21)27-10-12-31-13-11-27/h4-9,14,20H,3,10-13,15H2,1-2H3,(H,24,25,26). The number of morpholine rings is 1. The van der Waals surface area contributed by atoms with Gasteiger partial charge >= 0.3 is 0 Å². The third-order valence-electron chi connectivity index (χ3n) is 5.53. The van der Waals surface area contributed by atoms with Gasteiger partial charge < -0.3 is 14.5 Å². The molecule has 0 aliphatic carbocycles. The lowest BCUT2D eigenvalue weighted by Crippen LogP contribution is -2.41. The first-order chi connectivity index (χ1) is 15.5. The maximum atomic E-state index is 10.9. The Morgan fingerprint density at radius 3 is 2.53 bits per heavy atom. The maximum absolute atomic E-state index is 10.9. The second-order valence-electron chi connectivity index (χ2n) is 7.72. The molecule has 1 aliphatic heterocycles. The van der Waals surface area contributed by atoms with Gasteiger partial charge in [0.15, 0.2) is 5.82 Å². The number of ether oxygens (including phenoxy) is 1. The summed E-state index contributed by atoms with van der Waals surface area (Å²) in [7, 11) is 0. The van der Waals surface area contributed by atoms with Crippen LogP contribution in [0.4, 0.5) is 11.5 Å². The average molecular weight is 438 g/mol. The fourth-order valence-corrected chi connectivity index (χ4v) is 3.76. The van der Waals surface area contributed by atoms with Crippen LogP contribution in [-0.2, 0) is 11.2 Å². The van der Waals surface area contributed by atoms with E-state index in [0.717, 1.165) is 42.3 Å². The van der Waals surface area contributed by atoms with E-state index in [-0.39, 0.29) is 11.7 Å². The van der Waals surface area contributed by atoms with Crippen LogP contribution in [0.25, 0.3) is 11.4 Å². The van der Waals surface area contributed by atoms with Crippen molar-refractivity contribution in [2.24, 2.45) is 0 Å². The number of furan rings is 1. The van der Waals surface area contributed by atoms with Crippen LogP contribution < -0.4 is 5.32 Å². The van der Waals surface area contributed by atoms with Crippen molar-refractivity contribution in [3.8, 4) is 11.4 Å². The van der Waals surface area contributed by atoms with E-state index in [2.05, 4.69) is 20.2 Å². The normalized spacial score (nSPS) is 15.4. The summed E-state index contributed by atoms with van der Waals surface area (Å²) < 4.78 is 11.5. The third kappa shape index (κ3) is 5.12. The van der Waals surface area contributed by atoms with Gasteiger partial charge in [0.05, 0.1) is 24.2 Å². The molecule has 3 heterocycles. The molecule has 9 heteroatoms. The van der Waals surface area contributed by atoms with Gasteiger partial charge in [0.1, 0.15) is 17.3 Å². The van der Waals surface area contributed by atoms with E-state index in [1.807, 2.05) is 32.0 Å². The van der Waals surface area contributed by atoms with Crippen LogP contribution in [0.2, 0.25) is 0 Å². The Hall–Kier alpha value is -3.30. The molecule has 3 aromatic rings. The van der Waals surface area contributed by atoms with Gasteiger partial charge in [-0.25, -0.2) is 9.97 Å². The first kappa shape index (κ1) is 21.9. The van der Waals surface area contributed by atoms with Crippen LogP contribution in [0.5, 0.6) is 0 Å². The average Bonchev–Trinajstić information content (AvgIpc) is 3.25. The molecular weight excluding hydrogens is 410 g/mol. The number of non-ortho nitro benzene ring substituents is 1. The molecule has 1 fully saturated rings. The Balaban J connectivity index is 1.56. The van der Waals surface area contributed by atoms with Gasteiger partial charge in [0, 0.05) is 49.1 Å².